The van der Waals surface area contributed by atoms with E-state index in [0.717, 1.165) is 6.42 Å². The van der Waals surface area contributed by atoms with E-state index in [4.69, 9.17) is 10.5 Å². The molecule has 0 aromatic carbocycles. The SMILES string of the molecule is CCCC(N)C(=O)N(C)CC(=O)N1CCC(C(=O)OCC)CC1. The fraction of sp³-hybridized carbons (Fsp3) is 0.812. The second kappa shape index (κ2) is 9.50. The van der Waals surface area contributed by atoms with Gasteiger partial charge in [0.15, 0.2) is 0 Å². The Hall–Kier alpha value is -1.63. The molecule has 0 aromatic rings. The van der Waals surface area contributed by atoms with Crippen molar-refractivity contribution in [3.05, 3.63) is 0 Å². The maximum absolute atomic E-state index is 12.3. The number of likely N-dealkylation sites (tertiary alicyclic amines) is 1. The van der Waals surface area contributed by atoms with Crippen LogP contribution in [0.1, 0.15) is 39.5 Å². The van der Waals surface area contributed by atoms with Gasteiger partial charge in [0.05, 0.1) is 25.1 Å². The summed E-state index contributed by atoms with van der Waals surface area (Å²) in [5.41, 5.74) is 5.80. The van der Waals surface area contributed by atoms with E-state index in [0.29, 0.717) is 39.0 Å². The van der Waals surface area contributed by atoms with Crippen LogP contribution in [-0.2, 0) is 19.1 Å². The maximum atomic E-state index is 12.3. The van der Waals surface area contributed by atoms with Gasteiger partial charge in [0.25, 0.3) is 0 Å². The first-order valence-electron chi connectivity index (χ1n) is 8.35. The first kappa shape index (κ1) is 19.4. The van der Waals surface area contributed by atoms with Crippen LogP contribution in [0.2, 0.25) is 0 Å². The molecule has 0 radical (unpaired) electrons. The second-order valence-electron chi connectivity index (χ2n) is 6.00. The molecule has 0 spiro atoms. The summed E-state index contributed by atoms with van der Waals surface area (Å²) >= 11 is 0. The number of amides is 2. The van der Waals surface area contributed by atoms with Crippen LogP contribution in [0.25, 0.3) is 0 Å². The fourth-order valence-electron chi connectivity index (χ4n) is 2.72. The Morgan fingerprint density at radius 1 is 1.26 bits per heavy atom. The summed E-state index contributed by atoms with van der Waals surface area (Å²) in [5.74, 6) is -0.623. The molecule has 2 amide bonds. The number of nitrogens with two attached hydrogens (primary N) is 1. The number of carbonyl (C=O) groups is 3. The van der Waals surface area contributed by atoms with Gasteiger partial charge in [0.2, 0.25) is 11.8 Å². The normalized spacial score (nSPS) is 16.8. The van der Waals surface area contributed by atoms with Crippen LogP contribution in [0.5, 0.6) is 0 Å². The van der Waals surface area contributed by atoms with Crippen molar-refractivity contribution < 1.29 is 19.1 Å². The summed E-state index contributed by atoms with van der Waals surface area (Å²) in [7, 11) is 1.60. The molecule has 1 unspecified atom stereocenters. The van der Waals surface area contributed by atoms with E-state index in [9.17, 15) is 14.4 Å². The largest absolute Gasteiger partial charge is 0.466 e. The van der Waals surface area contributed by atoms with Crippen LogP contribution in [0.15, 0.2) is 0 Å². The monoisotopic (exact) mass is 327 g/mol. The third-order valence-electron chi connectivity index (χ3n) is 4.13. The number of rotatable bonds is 7. The van der Waals surface area contributed by atoms with Crippen LogP contribution in [-0.4, -0.2) is 66.9 Å². The molecule has 2 N–H and O–H groups in total. The number of hydrogen-bond acceptors (Lipinski definition) is 5. The zero-order valence-electron chi connectivity index (χ0n) is 14.4. The molecule has 0 aliphatic carbocycles. The van der Waals surface area contributed by atoms with Gasteiger partial charge in [-0.3, -0.25) is 14.4 Å². The molecule has 23 heavy (non-hydrogen) atoms. The number of likely N-dealkylation sites (N-methyl/N-ethyl adjacent to an activating group) is 1. The lowest BCUT2D eigenvalue weighted by atomic mass is 9.97. The highest BCUT2D eigenvalue weighted by Gasteiger charge is 2.29. The van der Waals surface area contributed by atoms with Crippen LogP contribution in [0, 0.1) is 5.92 Å². The molecule has 1 saturated heterocycles. The van der Waals surface area contributed by atoms with E-state index in [1.807, 2.05) is 6.92 Å². The molecule has 7 heteroatoms. The van der Waals surface area contributed by atoms with Crippen molar-refractivity contribution in [2.75, 3.05) is 33.3 Å². The predicted octanol–water partition coefficient (Wildman–Crippen LogP) is 0.374. The molecule has 132 valence electrons. The molecular weight excluding hydrogens is 298 g/mol. The lowest BCUT2D eigenvalue weighted by Crippen LogP contribution is -2.48. The van der Waals surface area contributed by atoms with Gasteiger partial charge in [-0.2, -0.15) is 0 Å². The van der Waals surface area contributed by atoms with Gasteiger partial charge >= 0.3 is 5.97 Å². The van der Waals surface area contributed by atoms with E-state index >= 15 is 0 Å². The molecule has 1 fully saturated rings. The van der Waals surface area contributed by atoms with Gasteiger partial charge in [-0.15, -0.1) is 0 Å². The summed E-state index contributed by atoms with van der Waals surface area (Å²) < 4.78 is 5.01. The molecule has 0 saturated carbocycles. The maximum Gasteiger partial charge on any atom is 0.309 e. The number of carbonyl (C=O) groups excluding carboxylic acids is 3. The van der Waals surface area contributed by atoms with Gasteiger partial charge in [0.1, 0.15) is 0 Å². The Morgan fingerprint density at radius 3 is 2.39 bits per heavy atom. The molecular formula is C16H29N3O4. The van der Waals surface area contributed by atoms with Crippen molar-refractivity contribution in [1.82, 2.24) is 9.80 Å². The summed E-state index contributed by atoms with van der Waals surface area (Å²) in [6, 6.07) is -0.549. The predicted molar refractivity (Wildman–Crippen MR) is 86.5 cm³/mol. The van der Waals surface area contributed by atoms with Gasteiger partial charge in [0, 0.05) is 20.1 Å². The lowest BCUT2D eigenvalue weighted by molar-refractivity contribution is -0.151. The third kappa shape index (κ3) is 5.82. The minimum Gasteiger partial charge on any atom is -0.466 e. The molecule has 1 rings (SSSR count). The van der Waals surface area contributed by atoms with Crippen LogP contribution >= 0.6 is 0 Å². The number of nitrogens with zero attached hydrogens (tertiary/aromatic N) is 2. The van der Waals surface area contributed by atoms with E-state index in [1.54, 1.807) is 18.9 Å². The molecule has 1 aliphatic rings. The molecule has 0 bridgehead atoms. The Balaban J connectivity index is 2.42. The first-order valence-corrected chi connectivity index (χ1v) is 8.35. The fourth-order valence-corrected chi connectivity index (χ4v) is 2.72. The molecule has 1 heterocycles. The zero-order chi connectivity index (χ0) is 17.4. The topological polar surface area (TPSA) is 92.9 Å². The van der Waals surface area contributed by atoms with Gasteiger partial charge < -0.3 is 20.3 Å². The first-order chi connectivity index (χ1) is 10.9. The summed E-state index contributed by atoms with van der Waals surface area (Å²) in [4.78, 5) is 39.1. The Labute approximate surface area is 138 Å². The van der Waals surface area contributed by atoms with E-state index in [2.05, 4.69) is 0 Å². The summed E-state index contributed by atoms with van der Waals surface area (Å²) in [6.45, 7) is 5.19. The number of piperidine rings is 1. The third-order valence-corrected chi connectivity index (χ3v) is 4.13. The number of hydrogen-bond donors (Lipinski definition) is 1. The Kier molecular flexibility index (Phi) is 8.02. The summed E-state index contributed by atoms with van der Waals surface area (Å²) in [6.07, 6.45) is 2.66. The Bertz CT molecular complexity index is 420. The lowest BCUT2D eigenvalue weighted by Gasteiger charge is -2.32. The standard InChI is InChI=1S/C16H29N3O4/c1-4-6-13(17)15(21)18(3)11-14(20)19-9-7-12(8-10-19)16(22)23-5-2/h12-13H,4-11,17H2,1-3H3. The highest BCUT2D eigenvalue weighted by atomic mass is 16.5. The number of ether oxygens (including phenoxy) is 1. The molecule has 0 aromatic heterocycles. The van der Waals surface area contributed by atoms with Gasteiger partial charge in [-0.25, -0.2) is 0 Å². The van der Waals surface area contributed by atoms with E-state index in [-0.39, 0.29) is 30.2 Å². The van der Waals surface area contributed by atoms with E-state index < -0.39 is 6.04 Å². The molecule has 1 atom stereocenters. The van der Waals surface area contributed by atoms with E-state index in [1.165, 1.54) is 4.90 Å². The van der Waals surface area contributed by atoms with Crippen molar-refractivity contribution in [2.45, 2.75) is 45.6 Å². The van der Waals surface area contributed by atoms with Crippen molar-refractivity contribution in [2.24, 2.45) is 11.7 Å². The highest BCUT2D eigenvalue weighted by molar-refractivity contribution is 5.87. The highest BCUT2D eigenvalue weighted by Crippen LogP contribution is 2.18. The van der Waals surface area contributed by atoms with Gasteiger partial charge in [-0.05, 0) is 26.2 Å². The summed E-state index contributed by atoms with van der Waals surface area (Å²) in [5, 5.41) is 0. The average molecular weight is 327 g/mol. The molecule has 1 aliphatic heterocycles. The smallest absolute Gasteiger partial charge is 0.309 e. The van der Waals surface area contributed by atoms with Crippen molar-refractivity contribution in [1.29, 1.82) is 0 Å². The molecule has 7 nitrogen and oxygen atoms in total. The Morgan fingerprint density at radius 2 is 1.87 bits per heavy atom. The minimum atomic E-state index is -0.549. The van der Waals surface area contributed by atoms with Crippen LogP contribution in [0.3, 0.4) is 0 Å². The van der Waals surface area contributed by atoms with Crippen molar-refractivity contribution >= 4 is 17.8 Å². The van der Waals surface area contributed by atoms with Gasteiger partial charge in [-0.1, -0.05) is 13.3 Å². The average Bonchev–Trinajstić information content (AvgIpc) is 2.54. The number of esters is 1. The van der Waals surface area contributed by atoms with Crippen LogP contribution in [0.4, 0.5) is 0 Å². The quantitative estimate of drug-likeness (QED) is 0.682. The minimum absolute atomic E-state index is 0.0281. The zero-order valence-corrected chi connectivity index (χ0v) is 14.4. The van der Waals surface area contributed by atoms with Crippen molar-refractivity contribution in [3.8, 4) is 0 Å². The van der Waals surface area contributed by atoms with Crippen molar-refractivity contribution in [3.63, 3.8) is 0 Å². The second-order valence-corrected chi connectivity index (χ2v) is 6.00. The van der Waals surface area contributed by atoms with Crippen LogP contribution < -0.4 is 5.73 Å².